The molecule has 0 N–H and O–H groups in total. The number of hydrogen-bond acceptors (Lipinski definition) is 1. The van der Waals surface area contributed by atoms with Crippen molar-refractivity contribution in [2.24, 2.45) is 0 Å². The van der Waals surface area contributed by atoms with E-state index in [0.29, 0.717) is 18.6 Å². The van der Waals surface area contributed by atoms with Crippen LogP contribution >= 0.6 is 0 Å². The van der Waals surface area contributed by atoms with Gasteiger partial charge in [0.1, 0.15) is 5.78 Å². The van der Waals surface area contributed by atoms with Crippen molar-refractivity contribution in [1.29, 1.82) is 0 Å². The quantitative estimate of drug-likeness (QED) is 0.738. The summed E-state index contributed by atoms with van der Waals surface area (Å²) in [4.78, 5) is 11.6. The average Bonchev–Trinajstić information content (AvgIpc) is 2.33. The third-order valence-electron chi connectivity index (χ3n) is 3.78. The number of carbonyl (C=O) groups is 1. The lowest BCUT2D eigenvalue weighted by Crippen LogP contribution is -2.24. The second-order valence-electron chi connectivity index (χ2n) is 7.73. The Kier molecular flexibility index (Phi) is 5.18. The molecule has 0 radical (unpaired) electrons. The number of carbonyl (C=O) groups excluding carboxylic acids is 1. The number of ketones is 1. The minimum atomic E-state index is 0.106. The topological polar surface area (TPSA) is 17.1 Å². The molecule has 112 valence electrons. The van der Waals surface area contributed by atoms with Gasteiger partial charge in [-0.2, -0.15) is 0 Å². The smallest absolute Gasteiger partial charge is 0.132 e. The molecule has 0 bridgehead atoms. The summed E-state index contributed by atoms with van der Waals surface area (Å²) in [6.45, 7) is 15.5. The highest BCUT2D eigenvalue weighted by Gasteiger charge is 2.27. The molecule has 1 aromatic carbocycles. The molecular formula is C19H30O. The fourth-order valence-electron chi connectivity index (χ4n) is 2.77. The number of Topliss-reactive ketones (excluding diaryl/α,β-unsaturated/α-hetero) is 1. The van der Waals surface area contributed by atoms with Crippen molar-refractivity contribution in [2.75, 3.05) is 0 Å². The summed E-state index contributed by atoms with van der Waals surface area (Å²) < 4.78 is 0. The lowest BCUT2D eigenvalue weighted by molar-refractivity contribution is -0.118. The van der Waals surface area contributed by atoms with Crippen LogP contribution in [0.1, 0.15) is 78.0 Å². The van der Waals surface area contributed by atoms with Crippen molar-refractivity contribution >= 4 is 5.78 Å². The number of benzene rings is 1. The van der Waals surface area contributed by atoms with E-state index in [0.717, 1.165) is 6.42 Å². The molecule has 0 aromatic heterocycles. The molecular weight excluding hydrogens is 244 g/mol. The standard InChI is InChI=1S/C19H30O/c1-8-15(20)13-12-14-10-9-11-16(18(2,3)4)17(14)19(5,6)7/h9-11H,8,12-13H2,1-7H3. The van der Waals surface area contributed by atoms with Gasteiger partial charge in [-0.25, -0.2) is 0 Å². The maximum Gasteiger partial charge on any atom is 0.132 e. The van der Waals surface area contributed by atoms with Crippen LogP contribution in [0, 0.1) is 0 Å². The Hall–Kier alpha value is -1.11. The molecule has 1 aromatic rings. The zero-order valence-electron chi connectivity index (χ0n) is 14.3. The molecule has 0 aliphatic heterocycles. The maximum absolute atomic E-state index is 11.6. The first-order valence-electron chi connectivity index (χ1n) is 7.72. The third kappa shape index (κ3) is 4.19. The second kappa shape index (κ2) is 6.11. The van der Waals surface area contributed by atoms with E-state index < -0.39 is 0 Å². The second-order valence-corrected chi connectivity index (χ2v) is 7.73. The maximum atomic E-state index is 11.6. The van der Waals surface area contributed by atoms with Crippen LogP contribution in [-0.4, -0.2) is 5.78 Å². The van der Waals surface area contributed by atoms with Crippen LogP contribution < -0.4 is 0 Å². The molecule has 1 heteroatoms. The average molecular weight is 274 g/mol. The van der Waals surface area contributed by atoms with Gasteiger partial charge in [-0.05, 0) is 33.9 Å². The molecule has 1 rings (SSSR count). The van der Waals surface area contributed by atoms with Crippen LogP contribution in [0.3, 0.4) is 0 Å². The van der Waals surface area contributed by atoms with E-state index in [1.165, 1.54) is 16.7 Å². The summed E-state index contributed by atoms with van der Waals surface area (Å²) >= 11 is 0. The molecule has 0 amide bonds. The molecule has 1 nitrogen and oxygen atoms in total. The van der Waals surface area contributed by atoms with Gasteiger partial charge in [0, 0.05) is 12.8 Å². The van der Waals surface area contributed by atoms with Crippen molar-refractivity contribution in [2.45, 2.75) is 78.6 Å². The predicted molar refractivity (Wildman–Crippen MR) is 87.5 cm³/mol. The van der Waals surface area contributed by atoms with E-state index in [1.54, 1.807) is 0 Å². The largest absolute Gasteiger partial charge is 0.300 e. The predicted octanol–water partition coefficient (Wildman–Crippen LogP) is 5.19. The first kappa shape index (κ1) is 16.9. The molecule has 0 unspecified atom stereocenters. The van der Waals surface area contributed by atoms with Crippen LogP contribution in [0.4, 0.5) is 0 Å². The van der Waals surface area contributed by atoms with E-state index >= 15 is 0 Å². The van der Waals surface area contributed by atoms with Crippen molar-refractivity contribution in [3.8, 4) is 0 Å². The molecule has 0 saturated carbocycles. The minimum Gasteiger partial charge on any atom is -0.300 e. The van der Waals surface area contributed by atoms with Gasteiger partial charge in [-0.3, -0.25) is 4.79 Å². The molecule has 0 aliphatic carbocycles. The SMILES string of the molecule is CCC(=O)CCc1cccc(C(C)(C)C)c1C(C)(C)C. The van der Waals surface area contributed by atoms with Crippen molar-refractivity contribution < 1.29 is 4.79 Å². The summed E-state index contributed by atoms with van der Waals surface area (Å²) in [5, 5.41) is 0. The first-order chi connectivity index (χ1) is 9.07. The van der Waals surface area contributed by atoms with E-state index in [1.807, 2.05) is 6.92 Å². The van der Waals surface area contributed by atoms with Crippen LogP contribution in [0.25, 0.3) is 0 Å². The van der Waals surface area contributed by atoms with Crippen LogP contribution in [-0.2, 0) is 22.0 Å². The molecule has 0 saturated heterocycles. The summed E-state index contributed by atoms with van der Waals surface area (Å²) in [5.74, 6) is 0.353. The zero-order valence-corrected chi connectivity index (χ0v) is 14.3. The first-order valence-corrected chi connectivity index (χ1v) is 7.72. The summed E-state index contributed by atoms with van der Waals surface area (Å²) in [5.41, 5.74) is 4.41. The summed E-state index contributed by atoms with van der Waals surface area (Å²) in [6.07, 6.45) is 2.17. The van der Waals surface area contributed by atoms with Crippen molar-refractivity contribution in [3.63, 3.8) is 0 Å². The highest BCUT2D eigenvalue weighted by Crippen LogP contribution is 2.36. The Morgan fingerprint density at radius 2 is 1.60 bits per heavy atom. The van der Waals surface area contributed by atoms with Crippen LogP contribution in [0.2, 0.25) is 0 Å². The van der Waals surface area contributed by atoms with Gasteiger partial charge in [0.05, 0.1) is 0 Å². The highest BCUT2D eigenvalue weighted by atomic mass is 16.1. The number of hydrogen-bond donors (Lipinski definition) is 0. The molecule has 20 heavy (non-hydrogen) atoms. The lowest BCUT2D eigenvalue weighted by atomic mass is 9.72. The molecule has 0 heterocycles. The Morgan fingerprint density at radius 1 is 1.00 bits per heavy atom. The lowest BCUT2D eigenvalue weighted by Gasteiger charge is -2.32. The fourth-order valence-corrected chi connectivity index (χ4v) is 2.77. The van der Waals surface area contributed by atoms with E-state index in [4.69, 9.17) is 0 Å². The molecule has 0 atom stereocenters. The van der Waals surface area contributed by atoms with Gasteiger partial charge >= 0.3 is 0 Å². The third-order valence-corrected chi connectivity index (χ3v) is 3.78. The minimum absolute atomic E-state index is 0.106. The van der Waals surface area contributed by atoms with Gasteiger partial charge in [-0.1, -0.05) is 66.7 Å². The Balaban J connectivity index is 3.27. The zero-order chi connectivity index (χ0) is 15.6. The molecule has 0 spiro atoms. The fraction of sp³-hybridized carbons (Fsp3) is 0.632. The van der Waals surface area contributed by atoms with Crippen LogP contribution in [0.15, 0.2) is 18.2 Å². The van der Waals surface area contributed by atoms with Gasteiger partial charge in [-0.15, -0.1) is 0 Å². The van der Waals surface area contributed by atoms with Gasteiger partial charge < -0.3 is 0 Å². The highest BCUT2D eigenvalue weighted by molar-refractivity contribution is 5.78. The van der Waals surface area contributed by atoms with E-state index in [9.17, 15) is 4.79 Å². The Labute approximate surface area is 124 Å². The summed E-state index contributed by atoms with van der Waals surface area (Å²) in [6, 6.07) is 6.58. The Morgan fingerprint density at radius 3 is 2.05 bits per heavy atom. The normalized spacial score (nSPS) is 12.6. The molecule has 0 fully saturated rings. The van der Waals surface area contributed by atoms with Crippen LogP contribution in [0.5, 0.6) is 0 Å². The summed E-state index contributed by atoms with van der Waals surface area (Å²) in [7, 11) is 0. The number of rotatable bonds is 4. The van der Waals surface area contributed by atoms with E-state index in [2.05, 4.69) is 59.7 Å². The van der Waals surface area contributed by atoms with Gasteiger partial charge in [0.15, 0.2) is 0 Å². The monoisotopic (exact) mass is 274 g/mol. The van der Waals surface area contributed by atoms with Crippen molar-refractivity contribution in [3.05, 3.63) is 34.9 Å². The Bertz CT molecular complexity index is 470. The molecule has 0 aliphatic rings. The van der Waals surface area contributed by atoms with Gasteiger partial charge in [0.2, 0.25) is 0 Å². The van der Waals surface area contributed by atoms with Crippen molar-refractivity contribution in [1.82, 2.24) is 0 Å². The van der Waals surface area contributed by atoms with Gasteiger partial charge in [0.25, 0.3) is 0 Å². The van der Waals surface area contributed by atoms with E-state index in [-0.39, 0.29) is 10.8 Å². The number of aryl methyl sites for hydroxylation is 1.